The van der Waals surface area contributed by atoms with Gasteiger partial charge < -0.3 is 23.8 Å². The fraction of sp³-hybridized carbons (Fsp3) is 0.500. The molecule has 172 valence electrons. The van der Waals surface area contributed by atoms with Crippen molar-refractivity contribution in [3.05, 3.63) is 47.5 Å². The van der Waals surface area contributed by atoms with Crippen LogP contribution in [0, 0.1) is 0 Å². The predicted octanol–water partition coefficient (Wildman–Crippen LogP) is 6.11. The number of hydrogen-bond donors (Lipinski definition) is 2. The molecule has 0 fully saturated rings. The highest BCUT2D eigenvalue weighted by Gasteiger charge is 2.37. The van der Waals surface area contributed by atoms with Crippen LogP contribution in [0.2, 0.25) is 37.8 Å². The third-order valence-corrected chi connectivity index (χ3v) is 14.5. The Morgan fingerprint density at radius 2 is 1.35 bits per heavy atom. The van der Waals surface area contributed by atoms with E-state index in [1.165, 1.54) is 5.56 Å². The summed E-state index contributed by atoms with van der Waals surface area (Å²) in [5, 5.41) is 19.6. The third-order valence-electron chi connectivity index (χ3n) is 6.00. The largest absolute Gasteiger partial charge is 0.504 e. The second kappa shape index (κ2) is 10.6. The van der Waals surface area contributed by atoms with Gasteiger partial charge in [-0.15, -0.1) is 0 Å². The van der Waals surface area contributed by atoms with Crippen molar-refractivity contribution in [3.8, 4) is 23.0 Å². The van der Waals surface area contributed by atoms with Crippen molar-refractivity contribution >= 4 is 16.6 Å². The van der Waals surface area contributed by atoms with Crippen LogP contribution >= 0.6 is 0 Å². The van der Waals surface area contributed by atoms with Crippen molar-refractivity contribution in [3.63, 3.8) is 0 Å². The highest BCUT2D eigenvalue weighted by Crippen LogP contribution is 2.34. The number of phenolic OH excluding ortho intramolecular Hbond substituents is 2. The van der Waals surface area contributed by atoms with Crippen LogP contribution in [-0.2, 0) is 17.0 Å². The zero-order chi connectivity index (χ0) is 23.2. The Hall–Kier alpha value is -1.97. The molecule has 2 N–H and O–H groups in total. The minimum absolute atomic E-state index is 0.173. The van der Waals surface area contributed by atoms with E-state index in [4.69, 9.17) is 13.6 Å². The highest BCUT2D eigenvalue weighted by molar-refractivity contribution is 6.85. The second-order valence-corrected chi connectivity index (χ2v) is 18.5. The first kappa shape index (κ1) is 25.3. The Kier molecular flexibility index (Phi) is 8.62. The molecule has 0 aliphatic rings. The Balaban J connectivity index is 1.93. The molecule has 0 aliphatic heterocycles. The molecule has 1 atom stereocenters. The van der Waals surface area contributed by atoms with Crippen molar-refractivity contribution in [2.75, 3.05) is 14.2 Å². The molecule has 0 aliphatic carbocycles. The smallest absolute Gasteiger partial charge is 0.176 e. The third kappa shape index (κ3) is 7.30. The van der Waals surface area contributed by atoms with E-state index in [0.29, 0.717) is 17.0 Å². The van der Waals surface area contributed by atoms with E-state index in [1.807, 2.05) is 24.3 Å². The van der Waals surface area contributed by atoms with E-state index in [2.05, 4.69) is 33.1 Å². The standard InChI is InChI=1S/C24H38O5Si2/c1-18(15-20-11-13-22(26)24(17-20)28-3)31(6,7)29-30(4,5)14-8-9-19-10-12-21(25)23(16-19)27-2/h10-13,16-18,25-26H,8-9,14-15H2,1-7H3. The molecule has 0 bridgehead atoms. The Labute approximate surface area is 189 Å². The molecule has 0 spiro atoms. The van der Waals surface area contributed by atoms with Crippen LogP contribution in [0.15, 0.2) is 36.4 Å². The van der Waals surface area contributed by atoms with Gasteiger partial charge in [0.15, 0.2) is 39.6 Å². The van der Waals surface area contributed by atoms with E-state index in [9.17, 15) is 10.2 Å². The predicted molar refractivity (Wildman–Crippen MR) is 132 cm³/mol. The van der Waals surface area contributed by atoms with Crippen molar-refractivity contribution in [2.45, 2.75) is 64.0 Å². The quantitative estimate of drug-likeness (QED) is 0.395. The Morgan fingerprint density at radius 3 is 1.90 bits per heavy atom. The van der Waals surface area contributed by atoms with Gasteiger partial charge in [-0.25, -0.2) is 0 Å². The summed E-state index contributed by atoms with van der Waals surface area (Å²) in [4.78, 5) is 0. The summed E-state index contributed by atoms with van der Waals surface area (Å²) in [6, 6.07) is 12.2. The first-order valence-corrected chi connectivity index (χ1v) is 17.0. The summed E-state index contributed by atoms with van der Waals surface area (Å²) in [5.41, 5.74) is 2.77. The van der Waals surface area contributed by atoms with Gasteiger partial charge in [-0.2, -0.15) is 0 Å². The Bertz CT molecular complexity index is 867. The van der Waals surface area contributed by atoms with Gasteiger partial charge in [-0.1, -0.05) is 19.1 Å². The summed E-state index contributed by atoms with van der Waals surface area (Å²) in [6.07, 6.45) is 2.91. The van der Waals surface area contributed by atoms with Crippen molar-refractivity contribution in [1.82, 2.24) is 0 Å². The van der Waals surface area contributed by atoms with E-state index in [-0.39, 0.29) is 11.5 Å². The van der Waals surface area contributed by atoms with Crippen LogP contribution in [0.3, 0.4) is 0 Å². The molecule has 0 amide bonds. The van der Waals surface area contributed by atoms with Crippen LogP contribution in [-0.4, -0.2) is 41.1 Å². The minimum Gasteiger partial charge on any atom is -0.504 e. The SMILES string of the molecule is COc1cc(CCC[Si](C)(C)O[Si](C)(C)C(C)Cc2ccc(O)c(OC)c2)ccc1O. The van der Waals surface area contributed by atoms with Gasteiger partial charge in [-0.3, -0.25) is 0 Å². The molecule has 0 saturated carbocycles. The molecule has 2 rings (SSSR count). The van der Waals surface area contributed by atoms with Gasteiger partial charge in [0, 0.05) is 0 Å². The second-order valence-electron chi connectivity index (χ2n) is 9.44. The fourth-order valence-corrected chi connectivity index (χ4v) is 12.6. The Morgan fingerprint density at radius 1 is 0.839 bits per heavy atom. The lowest BCUT2D eigenvalue weighted by atomic mass is 10.1. The summed E-state index contributed by atoms with van der Waals surface area (Å²) in [6.45, 7) is 11.5. The molecular formula is C24H38O5Si2. The molecule has 0 radical (unpaired) electrons. The van der Waals surface area contributed by atoms with E-state index in [1.54, 1.807) is 26.4 Å². The first-order valence-electron chi connectivity index (χ1n) is 10.9. The van der Waals surface area contributed by atoms with Gasteiger partial charge in [0.05, 0.1) is 14.2 Å². The average Bonchev–Trinajstić information content (AvgIpc) is 2.69. The van der Waals surface area contributed by atoms with E-state index in [0.717, 1.165) is 30.9 Å². The maximum atomic E-state index is 9.83. The molecule has 0 aromatic heterocycles. The van der Waals surface area contributed by atoms with Crippen LogP contribution in [0.4, 0.5) is 0 Å². The van der Waals surface area contributed by atoms with Crippen LogP contribution in [0.1, 0.15) is 24.5 Å². The number of rotatable bonds is 11. The summed E-state index contributed by atoms with van der Waals surface area (Å²) < 4.78 is 17.3. The molecule has 2 aromatic carbocycles. The number of ether oxygens (including phenoxy) is 2. The molecular weight excluding hydrogens is 424 g/mol. The van der Waals surface area contributed by atoms with Crippen LogP contribution in [0.5, 0.6) is 23.0 Å². The number of aromatic hydroxyl groups is 2. The first-order chi connectivity index (χ1) is 14.5. The molecule has 31 heavy (non-hydrogen) atoms. The normalized spacial score (nSPS) is 13.1. The maximum Gasteiger partial charge on any atom is 0.176 e. The number of hydrogen-bond acceptors (Lipinski definition) is 5. The van der Waals surface area contributed by atoms with Gasteiger partial charge >= 0.3 is 0 Å². The van der Waals surface area contributed by atoms with Crippen molar-refractivity contribution in [1.29, 1.82) is 0 Å². The number of aryl methyl sites for hydroxylation is 1. The molecule has 7 heteroatoms. The maximum absolute atomic E-state index is 9.83. The van der Waals surface area contributed by atoms with Gasteiger partial charge in [0.2, 0.25) is 0 Å². The monoisotopic (exact) mass is 462 g/mol. The highest BCUT2D eigenvalue weighted by atomic mass is 28.4. The molecule has 0 saturated heterocycles. The number of methoxy groups -OCH3 is 2. The zero-order valence-electron chi connectivity index (χ0n) is 20.0. The topological polar surface area (TPSA) is 68.2 Å². The van der Waals surface area contributed by atoms with E-state index >= 15 is 0 Å². The number of benzene rings is 2. The molecule has 1 unspecified atom stereocenters. The summed E-state index contributed by atoms with van der Waals surface area (Å²) in [5.74, 6) is 1.40. The van der Waals surface area contributed by atoms with Gasteiger partial charge in [0.25, 0.3) is 0 Å². The summed E-state index contributed by atoms with van der Waals surface area (Å²) in [7, 11) is -0.578. The average molecular weight is 463 g/mol. The molecule has 0 heterocycles. The van der Waals surface area contributed by atoms with Crippen molar-refractivity contribution < 1.29 is 23.8 Å². The lowest BCUT2D eigenvalue weighted by Crippen LogP contribution is -2.47. The van der Waals surface area contributed by atoms with E-state index < -0.39 is 16.6 Å². The summed E-state index contributed by atoms with van der Waals surface area (Å²) >= 11 is 0. The molecule has 5 nitrogen and oxygen atoms in total. The fourth-order valence-electron chi connectivity index (χ4n) is 3.91. The van der Waals surface area contributed by atoms with Crippen LogP contribution in [0.25, 0.3) is 0 Å². The lowest BCUT2D eigenvalue weighted by molar-refractivity contribution is 0.373. The van der Waals surface area contributed by atoms with Gasteiger partial charge in [-0.05, 0) is 92.4 Å². The van der Waals surface area contributed by atoms with Crippen molar-refractivity contribution in [2.24, 2.45) is 0 Å². The zero-order valence-corrected chi connectivity index (χ0v) is 22.0. The van der Waals surface area contributed by atoms with Gasteiger partial charge in [0.1, 0.15) is 0 Å². The molecule has 2 aromatic rings. The number of phenols is 2. The van der Waals surface area contributed by atoms with Crippen LogP contribution < -0.4 is 9.47 Å². The minimum atomic E-state index is -1.91. The lowest BCUT2D eigenvalue weighted by Gasteiger charge is -2.38.